The molecule has 0 saturated carbocycles. The van der Waals surface area contributed by atoms with Crippen molar-refractivity contribution in [1.29, 1.82) is 0 Å². The highest BCUT2D eigenvalue weighted by molar-refractivity contribution is 4.68. The van der Waals surface area contributed by atoms with E-state index in [0.717, 1.165) is 0 Å². The van der Waals surface area contributed by atoms with Crippen molar-refractivity contribution in [3.63, 3.8) is 0 Å². The highest BCUT2D eigenvalue weighted by Crippen LogP contribution is 2.22. The summed E-state index contributed by atoms with van der Waals surface area (Å²) in [7, 11) is 1.57. The molecule has 1 saturated heterocycles. The molecule has 0 radical (unpaired) electrons. The van der Waals surface area contributed by atoms with Gasteiger partial charge in [0.15, 0.2) is 0 Å². The van der Waals surface area contributed by atoms with E-state index in [9.17, 15) is 0 Å². The highest BCUT2D eigenvalue weighted by Gasteiger charge is 2.40. The summed E-state index contributed by atoms with van der Waals surface area (Å²) >= 11 is 0. The van der Waals surface area contributed by atoms with Crippen LogP contribution in [0.1, 0.15) is 0 Å². The van der Waals surface area contributed by atoms with Crippen LogP contribution in [0.5, 0.6) is 0 Å². The Labute approximate surface area is 47.8 Å². The first-order valence-corrected chi connectivity index (χ1v) is 2.33. The van der Waals surface area contributed by atoms with Gasteiger partial charge in [0.1, 0.15) is 0 Å². The maximum atomic E-state index is 4.79. The second kappa shape index (κ2) is 2.15. The third kappa shape index (κ3) is 0.993. The van der Waals surface area contributed by atoms with Gasteiger partial charge in [0.25, 0.3) is 6.29 Å². The fourth-order valence-electron chi connectivity index (χ4n) is 0.445. The van der Waals surface area contributed by atoms with Crippen LogP contribution in [0.2, 0.25) is 0 Å². The van der Waals surface area contributed by atoms with Crippen LogP contribution >= 0.6 is 0 Å². The fourth-order valence-corrected chi connectivity index (χ4v) is 0.445. The average Bonchev–Trinajstić information content (AvgIpc) is 2.48. The molecule has 1 fully saturated rings. The van der Waals surface area contributed by atoms with E-state index in [1.54, 1.807) is 7.11 Å². The molecule has 0 spiro atoms. The van der Waals surface area contributed by atoms with Gasteiger partial charge in [-0.1, -0.05) is 6.58 Å². The fraction of sp³-hybridized carbons (Fsp3) is 0.600. The molecule has 3 heteroatoms. The second-order valence-electron chi connectivity index (χ2n) is 1.41. The number of ether oxygens (including phenoxy) is 3. The Morgan fingerprint density at radius 1 is 1.62 bits per heavy atom. The van der Waals surface area contributed by atoms with Gasteiger partial charge in [-0.3, -0.25) is 0 Å². The minimum atomic E-state index is -0.211. The molecule has 1 heterocycles. The summed E-state index contributed by atoms with van der Waals surface area (Å²) in [5.74, 6) is 0. The summed E-state index contributed by atoms with van der Waals surface area (Å²) in [6.45, 7) is 3.35. The molecule has 8 heavy (non-hydrogen) atoms. The third-order valence-corrected chi connectivity index (χ3v) is 0.877. The number of hydrogen-bond donors (Lipinski definition) is 0. The molecule has 1 rings (SSSR count). The zero-order valence-corrected chi connectivity index (χ0v) is 4.66. The largest absolute Gasteiger partial charge is 0.467 e. The van der Waals surface area contributed by atoms with Gasteiger partial charge in [-0.05, 0) is 0 Å². The Kier molecular flexibility index (Phi) is 1.50. The van der Waals surface area contributed by atoms with E-state index in [-0.39, 0.29) is 12.6 Å². The Hall–Kier alpha value is -0.540. The lowest BCUT2D eigenvalue weighted by Gasteiger charge is -1.88. The zero-order chi connectivity index (χ0) is 5.98. The van der Waals surface area contributed by atoms with Crippen LogP contribution in [0.15, 0.2) is 12.8 Å². The van der Waals surface area contributed by atoms with E-state index in [2.05, 4.69) is 6.58 Å². The molecule has 0 aromatic heterocycles. The average molecular weight is 116 g/mol. The predicted octanol–water partition coefficient (Wildman–Crippen LogP) is 0.475. The second-order valence-corrected chi connectivity index (χ2v) is 1.41. The van der Waals surface area contributed by atoms with Crippen LogP contribution in [0.3, 0.4) is 0 Å². The lowest BCUT2D eigenvalue weighted by Crippen LogP contribution is -1.95. The third-order valence-electron chi connectivity index (χ3n) is 0.877. The van der Waals surface area contributed by atoms with E-state index < -0.39 is 0 Å². The van der Waals surface area contributed by atoms with Crippen molar-refractivity contribution in [2.45, 2.75) is 12.6 Å². The van der Waals surface area contributed by atoms with Crippen molar-refractivity contribution in [2.75, 3.05) is 7.11 Å². The highest BCUT2D eigenvalue weighted by atomic mass is 16.9. The lowest BCUT2D eigenvalue weighted by atomic mass is 10.8. The molecular weight excluding hydrogens is 108 g/mol. The van der Waals surface area contributed by atoms with Crippen LogP contribution in [0, 0.1) is 0 Å². The monoisotopic (exact) mass is 116 g/mol. The van der Waals surface area contributed by atoms with Gasteiger partial charge in [-0.25, -0.2) is 0 Å². The Morgan fingerprint density at radius 2 is 2.38 bits per heavy atom. The SMILES string of the molecule is C=COC1OC1OC. The van der Waals surface area contributed by atoms with Gasteiger partial charge in [0.2, 0.25) is 6.29 Å². The Morgan fingerprint density at radius 3 is 2.75 bits per heavy atom. The van der Waals surface area contributed by atoms with Crippen LogP contribution in [0.4, 0.5) is 0 Å². The molecule has 0 aromatic rings. The van der Waals surface area contributed by atoms with Crippen molar-refractivity contribution >= 4 is 0 Å². The standard InChI is InChI=1S/C5H8O3/c1-3-7-5-4(6-2)8-5/h3-5H,1H2,2H3. The van der Waals surface area contributed by atoms with Gasteiger partial charge in [-0.15, -0.1) is 0 Å². The zero-order valence-electron chi connectivity index (χ0n) is 4.66. The summed E-state index contributed by atoms with van der Waals surface area (Å²) in [4.78, 5) is 0. The van der Waals surface area contributed by atoms with Gasteiger partial charge in [0, 0.05) is 7.11 Å². The molecular formula is C5H8O3. The van der Waals surface area contributed by atoms with Gasteiger partial charge < -0.3 is 14.2 Å². The Balaban J connectivity index is 2.07. The van der Waals surface area contributed by atoms with Gasteiger partial charge >= 0.3 is 0 Å². The van der Waals surface area contributed by atoms with Crippen molar-refractivity contribution in [2.24, 2.45) is 0 Å². The smallest absolute Gasteiger partial charge is 0.253 e. The van der Waals surface area contributed by atoms with E-state index in [0.29, 0.717) is 0 Å². The molecule has 0 amide bonds. The number of methoxy groups -OCH3 is 1. The van der Waals surface area contributed by atoms with Crippen molar-refractivity contribution < 1.29 is 14.2 Å². The normalized spacial score (nSPS) is 34.1. The quantitative estimate of drug-likeness (QED) is 0.397. The van der Waals surface area contributed by atoms with E-state index in [1.165, 1.54) is 6.26 Å². The number of rotatable bonds is 3. The first-order chi connectivity index (χ1) is 3.88. The summed E-state index contributed by atoms with van der Waals surface area (Å²) in [6, 6.07) is 0. The molecule has 0 bridgehead atoms. The summed E-state index contributed by atoms with van der Waals surface area (Å²) in [5, 5.41) is 0. The van der Waals surface area contributed by atoms with Gasteiger partial charge in [0.05, 0.1) is 6.26 Å². The first kappa shape index (κ1) is 5.59. The summed E-state index contributed by atoms with van der Waals surface area (Å²) in [6.07, 6.45) is 0.953. The van der Waals surface area contributed by atoms with Crippen molar-refractivity contribution in [3.05, 3.63) is 12.8 Å². The predicted molar refractivity (Wildman–Crippen MR) is 27.0 cm³/mol. The van der Waals surface area contributed by atoms with Crippen LogP contribution < -0.4 is 0 Å². The first-order valence-electron chi connectivity index (χ1n) is 2.33. The van der Waals surface area contributed by atoms with Gasteiger partial charge in [-0.2, -0.15) is 0 Å². The lowest BCUT2D eigenvalue weighted by molar-refractivity contribution is 0.0949. The maximum absolute atomic E-state index is 4.79. The Bertz CT molecular complexity index is 91.7. The van der Waals surface area contributed by atoms with Crippen LogP contribution in [-0.2, 0) is 14.2 Å². The molecule has 1 aliphatic heterocycles. The molecule has 0 aromatic carbocycles. The van der Waals surface area contributed by atoms with Crippen LogP contribution in [-0.4, -0.2) is 19.7 Å². The molecule has 3 nitrogen and oxygen atoms in total. The number of epoxide rings is 1. The van der Waals surface area contributed by atoms with E-state index in [4.69, 9.17) is 14.2 Å². The summed E-state index contributed by atoms with van der Waals surface area (Å²) < 4.78 is 14.3. The minimum absolute atomic E-state index is 0.173. The maximum Gasteiger partial charge on any atom is 0.253 e. The molecule has 0 N–H and O–H groups in total. The van der Waals surface area contributed by atoms with Crippen molar-refractivity contribution in [1.82, 2.24) is 0 Å². The van der Waals surface area contributed by atoms with Crippen molar-refractivity contribution in [3.8, 4) is 0 Å². The summed E-state index contributed by atoms with van der Waals surface area (Å²) in [5.41, 5.74) is 0. The topological polar surface area (TPSA) is 31.0 Å². The minimum Gasteiger partial charge on any atom is -0.467 e. The van der Waals surface area contributed by atoms with E-state index >= 15 is 0 Å². The molecule has 46 valence electrons. The molecule has 1 aliphatic rings. The molecule has 2 atom stereocenters. The molecule has 0 aliphatic carbocycles. The van der Waals surface area contributed by atoms with Crippen LogP contribution in [0.25, 0.3) is 0 Å². The molecule has 2 unspecified atom stereocenters. The van der Waals surface area contributed by atoms with E-state index in [1.807, 2.05) is 0 Å². The number of hydrogen-bond acceptors (Lipinski definition) is 3.